The van der Waals surface area contributed by atoms with Gasteiger partial charge in [0.1, 0.15) is 0 Å². The van der Waals surface area contributed by atoms with Crippen molar-refractivity contribution in [3.8, 4) is 0 Å². The van der Waals surface area contributed by atoms with Crippen LogP contribution in [-0.2, 0) is 0 Å². The van der Waals surface area contributed by atoms with Gasteiger partial charge in [-0.25, -0.2) is 0 Å². The zero-order valence-corrected chi connectivity index (χ0v) is 15.0. The molecule has 1 aliphatic heterocycles. The van der Waals surface area contributed by atoms with E-state index in [0.29, 0.717) is 5.92 Å². The summed E-state index contributed by atoms with van der Waals surface area (Å²) in [4.78, 5) is 0. The van der Waals surface area contributed by atoms with Gasteiger partial charge in [0.05, 0.1) is 0 Å². The Morgan fingerprint density at radius 2 is 2.00 bits per heavy atom. The fourth-order valence-electron chi connectivity index (χ4n) is 6.73. The Labute approximate surface area is 146 Å². The lowest BCUT2D eigenvalue weighted by atomic mass is 9.67. The summed E-state index contributed by atoms with van der Waals surface area (Å²) in [6.45, 7) is 3.81. The molecular formula is C23H31N. The lowest BCUT2D eigenvalue weighted by Gasteiger charge is -2.44. The number of hydrogen-bond donors (Lipinski definition) is 1. The summed E-state index contributed by atoms with van der Waals surface area (Å²) in [7, 11) is 0. The molecule has 0 aromatic heterocycles. The number of piperidine rings is 1. The largest absolute Gasteiger partial charge is 0.314 e. The first-order valence-corrected chi connectivity index (χ1v) is 10.3. The maximum Gasteiger partial charge on any atom is 0.00982 e. The predicted molar refractivity (Wildman–Crippen MR) is 101 cm³/mol. The summed E-state index contributed by atoms with van der Waals surface area (Å²) in [5.74, 6) is 5.50. The van der Waals surface area contributed by atoms with Crippen LogP contribution in [0, 0.1) is 29.6 Å². The van der Waals surface area contributed by atoms with Crippen LogP contribution in [0.3, 0.4) is 0 Å². The highest BCUT2D eigenvalue weighted by atomic mass is 14.9. The normalized spacial score (nSPS) is 43.3. The van der Waals surface area contributed by atoms with E-state index in [2.05, 4.69) is 48.7 Å². The number of rotatable bonds is 2. The highest BCUT2D eigenvalue weighted by molar-refractivity contribution is 5.62. The van der Waals surface area contributed by atoms with Crippen molar-refractivity contribution in [2.24, 2.45) is 29.6 Å². The second-order valence-corrected chi connectivity index (χ2v) is 9.07. The topological polar surface area (TPSA) is 12.0 Å². The van der Waals surface area contributed by atoms with E-state index in [1.54, 1.807) is 5.56 Å². The molecule has 24 heavy (non-hydrogen) atoms. The summed E-state index contributed by atoms with van der Waals surface area (Å²) < 4.78 is 0. The maximum absolute atomic E-state index is 3.86. The summed E-state index contributed by atoms with van der Waals surface area (Å²) in [6.07, 6.45) is 13.6. The minimum atomic E-state index is 0.671. The zero-order chi connectivity index (χ0) is 16.1. The first-order chi connectivity index (χ1) is 11.8. The van der Waals surface area contributed by atoms with Crippen molar-refractivity contribution in [1.82, 2.24) is 5.32 Å². The second kappa shape index (κ2) is 6.02. The van der Waals surface area contributed by atoms with E-state index < -0.39 is 0 Å². The summed E-state index contributed by atoms with van der Waals surface area (Å²) in [5, 5.41) is 3.86. The van der Waals surface area contributed by atoms with Gasteiger partial charge in [-0.05, 0) is 85.8 Å². The van der Waals surface area contributed by atoms with E-state index >= 15 is 0 Å². The molecule has 3 fully saturated rings. The lowest BCUT2D eigenvalue weighted by Crippen LogP contribution is -2.47. The highest BCUT2D eigenvalue weighted by Gasteiger charge is 2.47. The van der Waals surface area contributed by atoms with Crippen LogP contribution < -0.4 is 5.32 Å². The van der Waals surface area contributed by atoms with Gasteiger partial charge in [0.2, 0.25) is 0 Å². The fraction of sp³-hybridized carbons (Fsp3) is 0.652. The van der Waals surface area contributed by atoms with Crippen LogP contribution in [0.1, 0.15) is 62.5 Å². The van der Waals surface area contributed by atoms with Gasteiger partial charge in [-0.3, -0.25) is 0 Å². The van der Waals surface area contributed by atoms with Crippen LogP contribution in [0.25, 0.3) is 6.08 Å². The molecule has 1 N–H and O–H groups in total. The van der Waals surface area contributed by atoms with Crippen molar-refractivity contribution in [1.29, 1.82) is 0 Å². The van der Waals surface area contributed by atoms with Crippen molar-refractivity contribution in [2.45, 2.75) is 57.4 Å². The third-order valence-electron chi connectivity index (χ3n) is 7.85. The molecule has 1 heteroatoms. The van der Waals surface area contributed by atoms with Crippen LogP contribution in [0.5, 0.6) is 0 Å². The molecule has 1 aromatic rings. The minimum absolute atomic E-state index is 0.671. The Morgan fingerprint density at radius 1 is 1.08 bits per heavy atom. The van der Waals surface area contributed by atoms with E-state index in [1.165, 1.54) is 50.6 Å². The quantitative estimate of drug-likeness (QED) is 0.785. The molecule has 128 valence electrons. The second-order valence-electron chi connectivity index (χ2n) is 9.07. The molecule has 4 aliphatic rings. The minimum Gasteiger partial charge on any atom is -0.314 e. The van der Waals surface area contributed by atoms with E-state index in [0.717, 1.165) is 35.6 Å². The van der Waals surface area contributed by atoms with Crippen LogP contribution in [0.15, 0.2) is 30.3 Å². The summed E-state index contributed by atoms with van der Waals surface area (Å²) in [5.41, 5.74) is 3.04. The average molecular weight is 322 g/mol. The molecule has 7 atom stereocenters. The van der Waals surface area contributed by atoms with E-state index in [9.17, 15) is 0 Å². The molecule has 1 saturated heterocycles. The highest BCUT2D eigenvalue weighted by Crippen LogP contribution is 2.54. The third kappa shape index (κ3) is 2.47. The lowest BCUT2D eigenvalue weighted by molar-refractivity contribution is 0.103. The average Bonchev–Trinajstić information content (AvgIpc) is 3.15. The van der Waals surface area contributed by atoms with E-state index in [4.69, 9.17) is 0 Å². The molecule has 1 heterocycles. The number of nitrogens with one attached hydrogen (secondary N) is 1. The molecule has 7 unspecified atom stereocenters. The van der Waals surface area contributed by atoms with Gasteiger partial charge < -0.3 is 5.32 Å². The van der Waals surface area contributed by atoms with Gasteiger partial charge in [0.25, 0.3) is 0 Å². The van der Waals surface area contributed by atoms with Gasteiger partial charge >= 0.3 is 0 Å². The van der Waals surface area contributed by atoms with Gasteiger partial charge in [0.15, 0.2) is 0 Å². The zero-order valence-electron chi connectivity index (χ0n) is 15.0. The van der Waals surface area contributed by atoms with Gasteiger partial charge in [-0.2, -0.15) is 0 Å². The Morgan fingerprint density at radius 3 is 2.96 bits per heavy atom. The maximum atomic E-state index is 3.86. The molecular weight excluding hydrogens is 290 g/mol. The standard InChI is InChI=1S/C23H31N/c1-15-11-19-12-18-6-4-10-24-23(18)14-22(19)21(15)13-17-9-8-16-5-2-3-7-20(16)17/h2-3,5,7-9,15,17-19,21-24H,4,6,10-14H2,1H3. The molecule has 0 bridgehead atoms. The van der Waals surface area contributed by atoms with Crippen molar-refractivity contribution in [3.05, 3.63) is 41.5 Å². The van der Waals surface area contributed by atoms with Crippen LogP contribution in [-0.4, -0.2) is 12.6 Å². The fourth-order valence-corrected chi connectivity index (χ4v) is 6.73. The molecule has 1 nitrogen and oxygen atoms in total. The van der Waals surface area contributed by atoms with Crippen molar-refractivity contribution >= 4 is 6.08 Å². The van der Waals surface area contributed by atoms with Crippen molar-refractivity contribution in [3.63, 3.8) is 0 Å². The molecule has 1 aromatic carbocycles. The van der Waals surface area contributed by atoms with Crippen LogP contribution in [0.4, 0.5) is 0 Å². The first kappa shape index (κ1) is 15.2. The molecule has 0 radical (unpaired) electrons. The monoisotopic (exact) mass is 321 g/mol. The molecule has 2 saturated carbocycles. The SMILES string of the molecule is CC1CC2CC3CCCNC3CC2C1CC1C=Cc2ccccc21. The van der Waals surface area contributed by atoms with Gasteiger partial charge in [-0.15, -0.1) is 0 Å². The Kier molecular flexibility index (Phi) is 3.81. The smallest absolute Gasteiger partial charge is 0.00982 e. The first-order valence-electron chi connectivity index (χ1n) is 10.3. The number of fused-ring (bicyclic) bond motifs is 3. The predicted octanol–water partition coefficient (Wildman–Crippen LogP) is 5.24. The summed E-state index contributed by atoms with van der Waals surface area (Å²) >= 11 is 0. The summed E-state index contributed by atoms with van der Waals surface area (Å²) in [6, 6.07) is 9.87. The number of benzene rings is 1. The Balaban J connectivity index is 1.34. The van der Waals surface area contributed by atoms with E-state index in [-0.39, 0.29) is 0 Å². The van der Waals surface area contributed by atoms with Crippen molar-refractivity contribution in [2.75, 3.05) is 6.54 Å². The number of hydrogen-bond acceptors (Lipinski definition) is 1. The van der Waals surface area contributed by atoms with Gasteiger partial charge in [-0.1, -0.05) is 43.3 Å². The van der Waals surface area contributed by atoms with Crippen LogP contribution >= 0.6 is 0 Å². The Hall–Kier alpha value is -1.08. The molecule has 5 rings (SSSR count). The van der Waals surface area contributed by atoms with Crippen LogP contribution in [0.2, 0.25) is 0 Å². The molecule has 0 amide bonds. The van der Waals surface area contributed by atoms with Crippen molar-refractivity contribution < 1.29 is 0 Å². The van der Waals surface area contributed by atoms with E-state index in [1.807, 2.05) is 0 Å². The van der Waals surface area contributed by atoms with Gasteiger partial charge in [0, 0.05) is 12.0 Å². The molecule has 3 aliphatic carbocycles. The molecule has 0 spiro atoms. The Bertz CT molecular complexity index is 633. The third-order valence-corrected chi connectivity index (χ3v) is 7.85. The number of allylic oxidation sites excluding steroid dienone is 1.